The smallest absolute Gasteiger partial charge is 0.244 e. The van der Waals surface area contributed by atoms with Crippen LogP contribution in [0.25, 0.3) is 17.0 Å². The number of furan rings is 1. The molecule has 0 saturated carbocycles. The number of nitrogens with zero attached hydrogens (tertiary/aromatic N) is 2. The predicted molar refractivity (Wildman–Crippen MR) is 94.5 cm³/mol. The van der Waals surface area contributed by atoms with Crippen LogP contribution < -0.4 is 5.32 Å². The van der Waals surface area contributed by atoms with E-state index in [-0.39, 0.29) is 11.9 Å². The topological polar surface area (TPSA) is 60.1 Å². The first-order valence-corrected chi connectivity index (χ1v) is 7.93. The average Bonchev–Trinajstić information content (AvgIpc) is 3.08. The molecule has 1 atom stereocenters. The zero-order chi connectivity index (χ0) is 17.3. The SMILES string of the molecule is Cc1nn(C)c(C)c1/C=C/C(=O)NC(C)c1cc2ccccc2o1. The zero-order valence-electron chi connectivity index (χ0n) is 14.3. The van der Waals surface area contributed by atoms with Crippen LogP contribution in [0.4, 0.5) is 0 Å². The van der Waals surface area contributed by atoms with E-state index in [9.17, 15) is 4.79 Å². The molecule has 2 heterocycles. The molecule has 1 amide bonds. The van der Waals surface area contributed by atoms with E-state index in [0.29, 0.717) is 0 Å². The van der Waals surface area contributed by atoms with Crippen molar-refractivity contribution in [3.05, 3.63) is 59.1 Å². The molecule has 24 heavy (non-hydrogen) atoms. The first-order valence-electron chi connectivity index (χ1n) is 7.93. The summed E-state index contributed by atoms with van der Waals surface area (Å²) in [7, 11) is 1.89. The predicted octanol–water partition coefficient (Wildman–Crippen LogP) is 3.67. The van der Waals surface area contributed by atoms with Crippen LogP contribution in [0.5, 0.6) is 0 Å². The van der Waals surface area contributed by atoms with Crippen LogP contribution in [0.2, 0.25) is 0 Å². The third-order valence-corrected chi connectivity index (χ3v) is 4.20. The van der Waals surface area contributed by atoms with Crippen molar-refractivity contribution in [2.24, 2.45) is 7.05 Å². The molecule has 124 valence electrons. The van der Waals surface area contributed by atoms with E-state index in [4.69, 9.17) is 4.42 Å². The van der Waals surface area contributed by atoms with E-state index < -0.39 is 0 Å². The highest BCUT2D eigenvalue weighted by Crippen LogP contribution is 2.23. The minimum atomic E-state index is -0.203. The third-order valence-electron chi connectivity index (χ3n) is 4.20. The lowest BCUT2D eigenvalue weighted by Crippen LogP contribution is -2.24. The lowest BCUT2D eigenvalue weighted by Gasteiger charge is -2.09. The van der Waals surface area contributed by atoms with Crippen molar-refractivity contribution >= 4 is 23.0 Å². The van der Waals surface area contributed by atoms with Crippen LogP contribution in [-0.4, -0.2) is 15.7 Å². The molecule has 1 aromatic carbocycles. The molecule has 0 saturated heterocycles. The van der Waals surface area contributed by atoms with Gasteiger partial charge in [-0.2, -0.15) is 5.10 Å². The Morgan fingerprint density at radius 1 is 1.33 bits per heavy atom. The van der Waals surface area contributed by atoms with Crippen molar-refractivity contribution in [3.8, 4) is 0 Å². The summed E-state index contributed by atoms with van der Waals surface area (Å²) in [6.07, 6.45) is 3.34. The molecule has 5 nitrogen and oxygen atoms in total. The summed E-state index contributed by atoms with van der Waals surface area (Å²) in [5.74, 6) is 0.581. The fraction of sp³-hybridized carbons (Fsp3) is 0.263. The monoisotopic (exact) mass is 323 g/mol. The van der Waals surface area contributed by atoms with E-state index in [1.807, 2.05) is 62.8 Å². The molecule has 0 aliphatic rings. The molecule has 0 fully saturated rings. The fourth-order valence-electron chi connectivity index (χ4n) is 2.74. The third kappa shape index (κ3) is 3.11. The van der Waals surface area contributed by atoms with Gasteiger partial charge in [-0.3, -0.25) is 9.48 Å². The fourth-order valence-corrected chi connectivity index (χ4v) is 2.74. The second-order valence-corrected chi connectivity index (χ2v) is 5.96. The van der Waals surface area contributed by atoms with Crippen molar-refractivity contribution < 1.29 is 9.21 Å². The highest BCUT2D eigenvalue weighted by molar-refractivity contribution is 5.92. The lowest BCUT2D eigenvalue weighted by atomic mass is 10.2. The molecule has 0 aliphatic heterocycles. The summed E-state index contributed by atoms with van der Waals surface area (Å²) in [5.41, 5.74) is 3.74. The van der Waals surface area contributed by atoms with Gasteiger partial charge in [-0.25, -0.2) is 0 Å². The van der Waals surface area contributed by atoms with Crippen LogP contribution in [-0.2, 0) is 11.8 Å². The summed E-state index contributed by atoms with van der Waals surface area (Å²) in [6.45, 7) is 5.82. The number of aromatic nitrogens is 2. The van der Waals surface area contributed by atoms with Gasteiger partial charge in [0.25, 0.3) is 0 Å². The molecule has 1 unspecified atom stereocenters. The zero-order valence-corrected chi connectivity index (χ0v) is 14.3. The maximum Gasteiger partial charge on any atom is 0.244 e. The van der Waals surface area contributed by atoms with Crippen molar-refractivity contribution in [2.75, 3.05) is 0 Å². The van der Waals surface area contributed by atoms with Crippen LogP contribution >= 0.6 is 0 Å². The molecular formula is C19H21N3O2. The largest absolute Gasteiger partial charge is 0.459 e. The Balaban J connectivity index is 1.71. The van der Waals surface area contributed by atoms with E-state index in [1.165, 1.54) is 6.08 Å². The number of hydrogen-bond acceptors (Lipinski definition) is 3. The average molecular weight is 323 g/mol. The highest BCUT2D eigenvalue weighted by atomic mass is 16.3. The van der Waals surface area contributed by atoms with Crippen LogP contribution in [0.15, 0.2) is 40.8 Å². The standard InChI is InChI=1S/C19H21N3O2/c1-12-16(14(3)22(4)21-12)9-10-19(23)20-13(2)18-11-15-7-5-6-8-17(15)24-18/h5-11,13H,1-4H3,(H,20,23)/b10-9+. The quantitative estimate of drug-likeness (QED) is 0.745. The van der Waals surface area contributed by atoms with Crippen molar-refractivity contribution in [1.82, 2.24) is 15.1 Å². The van der Waals surface area contributed by atoms with Gasteiger partial charge in [0.15, 0.2) is 0 Å². The van der Waals surface area contributed by atoms with Gasteiger partial charge in [-0.05, 0) is 39.0 Å². The number of hydrogen-bond donors (Lipinski definition) is 1. The van der Waals surface area contributed by atoms with Crippen LogP contribution in [0, 0.1) is 13.8 Å². The molecule has 0 bridgehead atoms. The van der Waals surface area contributed by atoms with Gasteiger partial charge in [0.05, 0.1) is 11.7 Å². The Kier molecular flexibility index (Phi) is 4.25. The molecule has 5 heteroatoms. The molecule has 2 aromatic heterocycles. The normalized spacial score (nSPS) is 12.8. The number of benzene rings is 1. The molecule has 1 N–H and O–H groups in total. The van der Waals surface area contributed by atoms with E-state index in [2.05, 4.69) is 10.4 Å². The minimum absolute atomic E-state index is 0.161. The van der Waals surface area contributed by atoms with Gasteiger partial charge in [-0.15, -0.1) is 0 Å². The van der Waals surface area contributed by atoms with E-state index >= 15 is 0 Å². The number of carbonyl (C=O) groups excluding carboxylic acids is 1. The molecule has 3 aromatic rings. The summed E-state index contributed by atoms with van der Waals surface area (Å²) < 4.78 is 7.59. The maximum absolute atomic E-state index is 12.2. The Labute approximate surface area is 141 Å². The van der Waals surface area contributed by atoms with Gasteiger partial charge in [0, 0.05) is 29.8 Å². The number of carbonyl (C=O) groups is 1. The van der Waals surface area contributed by atoms with Crippen molar-refractivity contribution in [1.29, 1.82) is 0 Å². The Hall–Kier alpha value is -2.82. The van der Waals surface area contributed by atoms with Gasteiger partial charge in [0.2, 0.25) is 5.91 Å². The van der Waals surface area contributed by atoms with Crippen molar-refractivity contribution in [3.63, 3.8) is 0 Å². The van der Waals surface area contributed by atoms with Gasteiger partial charge >= 0.3 is 0 Å². The number of para-hydroxylation sites is 1. The molecular weight excluding hydrogens is 302 g/mol. The number of amides is 1. The number of fused-ring (bicyclic) bond motifs is 1. The van der Waals surface area contributed by atoms with Gasteiger partial charge in [0.1, 0.15) is 11.3 Å². The molecule has 0 aliphatic carbocycles. The Morgan fingerprint density at radius 2 is 2.08 bits per heavy atom. The first kappa shape index (κ1) is 16.1. The summed E-state index contributed by atoms with van der Waals surface area (Å²) in [4.78, 5) is 12.2. The first-order chi connectivity index (χ1) is 11.5. The minimum Gasteiger partial charge on any atom is -0.459 e. The summed E-state index contributed by atoms with van der Waals surface area (Å²) in [5, 5.41) is 8.30. The summed E-state index contributed by atoms with van der Waals surface area (Å²) >= 11 is 0. The second-order valence-electron chi connectivity index (χ2n) is 5.96. The molecule has 0 radical (unpaired) electrons. The highest BCUT2D eigenvalue weighted by Gasteiger charge is 2.13. The Bertz CT molecular complexity index is 885. The molecule has 3 rings (SSSR count). The molecule has 0 spiro atoms. The van der Waals surface area contributed by atoms with E-state index in [0.717, 1.165) is 33.7 Å². The number of nitrogens with one attached hydrogen (secondary N) is 1. The van der Waals surface area contributed by atoms with Crippen LogP contribution in [0.3, 0.4) is 0 Å². The van der Waals surface area contributed by atoms with Crippen LogP contribution in [0.1, 0.15) is 35.7 Å². The van der Waals surface area contributed by atoms with Gasteiger partial charge in [-0.1, -0.05) is 18.2 Å². The maximum atomic E-state index is 12.2. The van der Waals surface area contributed by atoms with Gasteiger partial charge < -0.3 is 9.73 Å². The summed E-state index contributed by atoms with van der Waals surface area (Å²) in [6, 6.07) is 9.56. The number of rotatable bonds is 4. The van der Waals surface area contributed by atoms with E-state index in [1.54, 1.807) is 6.08 Å². The van der Waals surface area contributed by atoms with Crippen molar-refractivity contribution in [2.45, 2.75) is 26.8 Å². The number of aryl methyl sites for hydroxylation is 2. The lowest BCUT2D eigenvalue weighted by molar-refractivity contribution is -0.117. The Morgan fingerprint density at radius 3 is 2.75 bits per heavy atom. The second kappa shape index (κ2) is 6.35.